The first kappa shape index (κ1) is 33.8. The van der Waals surface area contributed by atoms with E-state index in [0.29, 0.717) is 24.1 Å². The predicted octanol–water partition coefficient (Wildman–Crippen LogP) is 5.34. The number of carbonyl (C=O) groups is 4. The molecule has 0 spiro atoms. The minimum absolute atomic E-state index is 0.00565. The van der Waals surface area contributed by atoms with Crippen LogP contribution in [-0.4, -0.2) is 60.7 Å². The van der Waals surface area contributed by atoms with Gasteiger partial charge in [0, 0.05) is 42.0 Å². The molecule has 0 aliphatic carbocycles. The number of Topliss-reactive ketones (excluding diaryl/α,β-unsaturated/α-hetero) is 3. The van der Waals surface area contributed by atoms with Gasteiger partial charge in [0.1, 0.15) is 17.3 Å². The molecule has 1 unspecified atom stereocenters. The van der Waals surface area contributed by atoms with Crippen molar-refractivity contribution in [2.75, 3.05) is 26.4 Å². The zero-order valence-corrected chi connectivity index (χ0v) is 24.4. The molecule has 0 aliphatic rings. The van der Waals surface area contributed by atoms with Gasteiger partial charge in [0.15, 0.2) is 5.78 Å². The number of nitrogens with zero attached hydrogens (tertiary/aromatic N) is 1. The van der Waals surface area contributed by atoms with E-state index >= 15 is 0 Å². The third kappa shape index (κ3) is 12.4. The Morgan fingerprint density at radius 3 is 1.85 bits per heavy atom. The van der Waals surface area contributed by atoms with Gasteiger partial charge in [-0.2, -0.15) is 0 Å². The van der Waals surface area contributed by atoms with Gasteiger partial charge in [-0.25, -0.2) is 0 Å². The highest BCUT2D eigenvalue weighted by Gasteiger charge is 2.16. The maximum atomic E-state index is 12.9. The van der Waals surface area contributed by atoms with Gasteiger partial charge in [-0.3, -0.25) is 24.2 Å². The zero-order chi connectivity index (χ0) is 29.4. The summed E-state index contributed by atoms with van der Waals surface area (Å²) in [5.74, 6) is -0.311. The monoisotopic (exact) mass is 540 g/mol. The maximum absolute atomic E-state index is 12.9. The SMILES string of the molecule is CC.CC(=O)CCOCC(COCCC(=O)C(C)C)NC(=O)c1ccc(-c2ccc(C(=O)C(C)C)nc2)cc1. The Balaban J connectivity index is 0.00000371. The fourth-order valence-electron chi connectivity index (χ4n) is 3.35. The van der Waals surface area contributed by atoms with Crippen LogP contribution in [0, 0.1) is 11.8 Å². The molecule has 1 heterocycles. The number of rotatable bonds is 16. The number of hydrogen-bond acceptors (Lipinski definition) is 7. The lowest BCUT2D eigenvalue weighted by molar-refractivity contribution is -0.123. The van der Waals surface area contributed by atoms with E-state index in [-0.39, 0.29) is 61.5 Å². The Bertz CT molecular complexity index is 1050. The molecule has 1 aromatic carbocycles. The molecule has 2 rings (SSSR count). The summed E-state index contributed by atoms with van der Waals surface area (Å²) in [7, 11) is 0. The minimum atomic E-state index is -0.441. The maximum Gasteiger partial charge on any atom is 0.251 e. The second-order valence-electron chi connectivity index (χ2n) is 9.67. The molecule has 1 N–H and O–H groups in total. The van der Waals surface area contributed by atoms with E-state index in [2.05, 4.69) is 10.3 Å². The van der Waals surface area contributed by atoms with Crippen LogP contribution in [0.3, 0.4) is 0 Å². The third-order valence-electron chi connectivity index (χ3n) is 5.73. The Labute approximate surface area is 232 Å². The van der Waals surface area contributed by atoms with Crippen LogP contribution < -0.4 is 5.32 Å². The van der Waals surface area contributed by atoms with Gasteiger partial charge in [0.05, 0.1) is 32.5 Å². The van der Waals surface area contributed by atoms with Crippen LogP contribution in [0.1, 0.15) is 82.2 Å². The van der Waals surface area contributed by atoms with Gasteiger partial charge >= 0.3 is 0 Å². The van der Waals surface area contributed by atoms with Crippen LogP contribution in [0.4, 0.5) is 0 Å². The first-order valence-corrected chi connectivity index (χ1v) is 13.7. The molecule has 8 nitrogen and oxygen atoms in total. The Morgan fingerprint density at radius 2 is 1.36 bits per heavy atom. The van der Waals surface area contributed by atoms with Gasteiger partial charge in [0.2, 0.25) is 0 Å². The van der Waals surface area contributed by atoms with E-state index < -0.39 is 6.04 Å². The van der Waals surface area contributed by atoms with E-state index in [1.807, 2.05) is 59.7 Å². The molecule has 1 aromatic heterocycles. The van der Waals surface area contributed by atoms with Gasteiger partial charge in [-0.1, -0.05) is 59.7 Å². The number of carbonyl (C=O) groups excluding carboxylic acids is 4. The summed E-state index contributed by atoms with van der Waals surface area (Å²) in [4.78, 5) is 52.2. The number of hydrogen-bond donors (Lipinski definition) is 1. The topological polar surface area (TPSA) is 112 Å². The van der Waals surface area contributed by atoms with Crippen LogP contribution >= 0.6 is 0 Å². The number of benzene rings is 1. The predicted molar refractivity (Wildman–Crippen MR) is 153 cm³/mol. The Morgan fingerprint density at radius 1 is 0.795 bits per heavy atom. The molecule has 214 valence electrons. The summed E-state index contributed by atoms with van der Waals surface area (Å²) >= 11 is 0. The molecule has 8 heteroatoms. The summed E-state index contributed by atoms with van der Waals surface area (Å²) in [6.07, 6.45) is 2.26. The standard InChI is InChI=1S/C29H38N2O6.C2H6/c1-19(2)27(33)13-15-37-18-25(17-36-14-12-21(5)32)31-29(35)23-8-6-22(7-9-23)24-10-11-26(30-16-24)28(34)20(3)4;1-2/h6-11,16,19-20,25H,12-15,17-18H2,1-5H3,(H,31,35);1-2H3. The molecule has 0 bridgehead atoms. The highest BCUT2D eigenvalue weighted by Crippen LogP contribution is 2.20. The summed E-state index contributed by atoms with van der Waals surface area (Å²) in [5, 5.41) is 2.91. The number of aromatic nitrogens is 1. The smallest absolute Gasteiger partial charge is 0.251 e. The van der Waals surface area contributed by atoms with Crippen LogP contribution in [0.5, 0.6) is 0 Å². The normalized spacial score (nSPS) is 11.5. The van der Waals surface area contributed by atoms with Crippen LogP contribution in [0.25, 0.3) is 11.1 Å². The fraction of sp³-hybridized carbons (Fsp3) is 0.516. The molecular weight excluding hydrogens is 496 g/mol. The quantitative estimate of drug-likeness (QED) is 0.226. The van der Waals surface area contributed by atoms with Gasteiger partial charge in [-0.05, 0) is 30.7 Å². The lowest BCUT2D eigenvalue weighted by Gasteiger charge is -2.19. The van der Waals surface area contributed by atoms with Crippen molar-refractivity contribution in [3.63, 3.8) is 0 Å². The molecule has 1 amide bonds. The molecule has 1 atom stereocenters. The molecule has 0 saturated heterocycles. The number of ketones is 3. The van der Waals surface area contributed by atoms with E-state index in [9.17, 15) is 19.2 Å². The van der Waals surface area contributed by atoms with Crippen molar-refractivity contribution in [3.05, 3.63) is 53.9 Å². The summed E-state index contributed by atoms with van der Waals surface area (Å²) in [6.45, 7) is 13.8. The molecular formula is C31H44N2O6. The Hall–Kier alpha value is -3.23. The lowest BCUT2D eigenvalue weighted by atomic mass is 10.0. The Kier molecular flexibility index (Phi) is 15.7. The van der Waals surface area contributed by atoms with E-state index in [1.165, 1.54) is 6.92 Å². The second-order valence-corrected chi connectivity index (χ2v) is 9.67. The van der Waals surface area contributed by atoms with E-state index in [4.69, 9.17) is 9.47 Å². The van der Waals surface area contributed by atoms with Crippen LogP contribution in [0.2, 0.25) is 0 Å². The molecule has 0 saturated carbocycles. The van der Waals surface area contributed by atoms with Crippen molar-refractivity contribution in [2.45, 2.75) is 67.3 Å². The number of ether oxygens (including phenoxy) is 2. The lowest BCUT2D eigenvalue weighted by Crippen LogP contribution is -2.42. The minimum Gasteiger partial charge on any atom is -0.379 e. The van der Waals surface area contributed by atoms with Crippen molar-refractivity contribution in [1.29, 1.82) is 0 Å². The number of pyridine rings is 1. The molecule has 0 fully saturated rings. The van der Waals surface area contributed by atoms with Gasteiger partial charge < -0.3 is 14.8 Å². The highest BCUT2D eigenvalue weighted by molar-refractivity contribution is 5.96. The summed E-state index contributed by atoms with van der Waals surface area (Å²) < 4.78 is 11.2. The fourth-order valence-corrected chi connectivity index (χ4v) is 3.35. The average molecular weight is 541 g/mol. The molecule has 39 heavy (non-hydrogen) atoms. The van der Waals surface area contributed by atoms with Crippen molar-refractivity contribution in [1.82, 2.24) is 10.3 Å². The first-order valence-electron chi connectivity index (χ1n) is 13.7. The number of amides is 1. The first-order chi connectivity index (χ1) is 18.6. The van der Waals surface area contributed by atoms with Gasteiger partial charge in [-0.15, -0.1) is 0 Å². The molecule has 0 aliphatic heterocycles. The largest absolute Gasteiger partial charge is 0.379 e. The van der Waals surface area contributed by atoms with Crippen molar-refractivity contribution in [2.24, 2.45) is 11.8 Å². The van der Waals surface area contributed by atoms with Gasteiger partial charge in [0.25, 0.3) is 5.91 Å². The van der Waals surface area contributed by atoms with E-state index in [1.54, 1.807) is 24.4 Å². The zero-order valence-electron chi connectivity index (χ0n) is 24.4. The second kappa shape index (κ2) is 18.1. The summed E-state index contributed by atoms with van der Waals surface area (Å²) in [6, 6.07) is 10.2. The molecule has 2 aromatic rings. The highest BCUT2D eigenvalue weighted by atomic mass is 16.5. The van der Waals surface area contributed by atoms with Crippen molar-refractivity contribution >= 4 is 23.3 Å². The van der Waals surface area contributed by atoms with Crippen LogP contribution in [0.15, 0.2) is 42.6 Å². The third-order valence-corrected chi connectivity index (χ3v) is 5.73. The van der Waals surface area contributed by atoms with Crippen LogP contribution in [-0.2, 0) is 19.1 Å². The molecule has 0 radical (unpaired) electrons. The van der Waals surface area contributed by atoms with Crippen molar-refractivity contribution < 1.29 is 28.7 Å². The summed E-state index contributed by atoms with van der Waals surface area (Å²) in [5.41, 5.74) is 2.61. The number of nitrogens with one attached hydrogen (secondary N) is 1. The average Bonchev–Trinajstić information content (AvgIpc) is 2.93. The van der Waals surface area contributed by atoms with E-state index in [0.717, 1.165) is 11.1 Å². The van der Waals surface area contributed by atoms with Crippen molar-refractivity contribution in [3.8, 4) is 11.1 Å².